The van der Waals surface area contributed by atoms with E-state index in [1.165, 1.54) is 0 Å². The van der Waals surface area contributed by atoms with Gasteiger partial charge in [0.2, 0.25) is 5.95 Å². The van der Waals surface area contributed by atoms with Crippen molar-refractivity contribution in [2.75, 3.05) is 0 Å². The number of para-hydroxylation sites is 1. The molecule has 1 aliphatic rings. The third-order valence-electron chi connectivity index (χ3n) is 8.66. The third kappa shape index (κ3) is 4.63. The van der Waals surface area contributed by atoms with Gasteiger partial charge in [-0.15, -0.1) is 0 Å². The third-order valence-corrected chi connectivity index (χ3v) is 11.0. The molecule has 1 unspecified atom stereocenters. The van der Waals surface area contributed by atoms with Crippen LogP contribution in [0.4, 0.5) is 5.69 Å². The van der Waals surface area contributed by atoms with Crippen LogP contribution < -0.4 is 0 Å². The Kier molecular flexibility index (Phi) is 6.59. The Balaban J connectivity index is 1.29. The minimum absolute atomic E-state index is 0.524. The van der Waals surface area contributed by atoms with E-state index in [1.807, 2.05) is 140 Å². The van der Waals surface area contributed by atoms with Crippen LogP contribution in [0.15, 0.2) is 167 Å². The normalized spacial score (nSPS) is 15.5. The molecule has 0 N–H and O–H groups in total. The zero-order valence-corrected chi connectivity index (χ0v) is 26.5. The molecule has 6 aromatic carbocycles. The van der Waals surface area contributed by atoms with Gasteiger partial charge in [-0.3, -0.25) is 4.57 Å². The highest BCUT2D eigenvalue weighted by Crippen LogP contribution is 2.42. The van der Waals surface area contributed by atoms with E-state index in [2.05, 4.69) is 28.8 Å². The van der Waals surface area contributed by atoms with Crippen molar-refractivity contribution in [3.8, 4) is 28.7 Å². The van der Waals surface area contributed by atoms with Gasteiger partial charge in [0.15, 0.2) is 11.6 Å². The zero-order valence-electron chi connectivity index (χ0n) is 25.6. The van der Waals surface area contributed by atoms with Crippen LogP contribution in [0.1, 0.15) is 11.1 Å². The predicted molar refractivity (Wildman–Crippen MR) is 194 cm³/mol. The molecule has 1 atom stereocenters. The highest BCUT2D eigenvalue weighted by Gasteiger charge is 2.26. The van der Waals surface area contributed by atoms with Crippen molar-refractivity contribution < 1.29 is 4.21 Å². The second-order valence-corrected chi connectivity index (χ2v) is 13.7. The molecule has 0 saturated heterocycles. The lowest BCUT2D eigenvalue weighted by Gasteiger charge is -2.20. The van der Waals surface area contributed by atoms with Crippen molar-refractivity contribution in [2.24, 2.45) is 4.36 Å². The van der Waals surface area contributed by atoms with Crippen LogP contribution in [0.2, 0.25) is 0 Å². The smallest absolute Gasteiger partial charge is 0.238 e. The van der Waals surface area contributed by atoms with Gasteiger partial charge in [0.1, 0.15) is 9.73 Å². The molecule has 8 aromatic rings. The summed E-state index contributed by atoms with van der Waals surface area (Å²) in [5.41, 5.74) is 6.23. The van der Waals surface area contributed by atoms with E-state index in [4.69, 9.17) is 19.3 Å². The summed E-state index contributed by atoms with van der Waals surface area (Å²) in [5.74, 6) is 1.71. The number of nitrogens with zero attached hydrogens (tertiary/aromatic N) is 5. The largest absolute Gasteiger partial charge is 0.278 e. The van der Waals surface area contributed by atoms with Gasteiger partial charge in [0.05, 0.1) is 26.5 Å². The fraction of sp³-hybridized carbons (Fsp3) is 0. The first-order valence-electron chi connectivity index (χ1n) is 15.7. The molecule has 2 aromatic heterocycles. The molecule has 0 spiro atoms. The Labute approximate surface area is 277 Å². The molecule has 9 rings (SSSR count). The monoisotopic (exact) mass is 637 g/mol. The summed E-state index contributed by atoms with van der Waals surface area (Å²) >= 11 is 0. The van der Waals surface area contributed by atoms with E-state index in [0.29, 0.717) is 27.4 Å². The molecule has 6 nitrogen and oxygen atoms in total. The fourth-order valence-corrected chi connectivity index (χ4v) is 8.53. The Bertz CT molecular complexity index is 2600. The first-order chi connectivity index (χ1) is 23.7. The molecule has 7 heteroatoms. The SMILES string of the molecule is O=S1(c2ccccc2)=Nc2ccccc2C=C1c1ccc2c(c1)c1ccccc1n2-c1nc(-c2ccccc2)nc(-c2ccccc2)n1. The van der Waals surface area contributed by atoms with Gasteiger partial charge in [-0.1, -0.05) is 121 Å². The molecule has 0 fully saturated rings. The molecule has 3 heterocycles. The van der Waals surface area contributed by atoms with Crippen LogP contribution in [-0.2, 0) is 9.73 Å². The molecule has 0 aliphatic carbocycles. The van der Waals surface area contributed by atoms with Crippen LogP contribution in [0.25, 0.3) is 61.5 Å². The number of benzene rings is 6. The summed E-state index contributed by atoms with van der Waals surface area (Å²) in [7, 11) is -2.97. The van der Waals surface area contributed by atoms with Crippen LogP contribution >= 0.6 is 0 Å². The molecule has 0 radical (unpaired) electrons. The molecule has 0 bridgehead atoms. The van der Waals surface area contributed by atoms with Crippen molar-refractivity contribution in [3.05, 3.63) is 169 Å². The summed E-state index contributed by atoms with van der Waals surface area (Å²) in [5, 5.41) is 2.04. The average molecular weight is 638 g/mol. The number of hydrogen-bond acceptors (Lipinski definition) is 5. The zero-order chi connectivity index (χ0) is 32.1. The minimum atomic E-state index is -2.97. The van der Waals surface area contributed by atoms with Crippen LogP contribution in [0.5, 0.6) is 0 Å². The lowest BCUT2D eigenvalue weighted by Crippen LogP contribution is -2.07. The Morgan fingerprint density at radius 2 is 1.08 bits per heavy atom. The number of fused-ring (bicyclic) bond motifs is 4. The Morgan fingerprint density at radius 3 is 1.79 bits per heavy atom. The Hall–Kier alpha value is -6.18. The molecular formula is C41H27N5OS. The maximum absolute atomic E-state index is 15.0. The summed E-state index contributed by atoms with van der Waals surface area (Å²) in [6.07, 6.45) is 2.03. The highest BCUT2D eigenvalue weighted by molar-refractivity contribution is 8.03. The minimum Gasteiger partial charge on any atom is -0.278 e. The van der Waals surface area contributed by atoms with Gasteiger partial charge in [-0.05, 0) is 48.0 Å². The molecule has 48 heavy (non-hydrogen) atoms. The first-order valence-corrected chi connectivity index (χ1v) is 17.2. The van der Waals surface area contributed by atoms with E-state index in [9.17, 15) is 0 Å². The maximum atomic E-state index is 15.0. The van der Waals surface area contributed by atoms with E-state index < -0.39 is 9.73 Å². The first kappa shape index (κ1) is 28.1. The van der Waals surface area contributed by atoms with E-state index >= 15 is 4.21 Å². The number of hydrogen-bond donors (Lipinski definition) is 0. The van der Waals surface area contributed by atoms with Crippen molar-refractivity contribution in [1.82, 2.24) is 19.5 Å². The van der Waals surface area contributed by atoms with Crippen LogP contribution in [0.3, 0.4) is 0 Å². The van der Waals surface area contributed by atoms with Crippen LogP contribution in [0, 0.1) is 0 Å². The summed E-state index contributed by atoms with van der Waals surface area (Å²) < 4.78 is 22.0. The summed E-state index contributed by atoms with van der Waals surface area (Å²) in [4.78, 5) is 16.3. The molecule has 0 saturated carbocycles. The van der Waals surface area contributed by atoms with Crippen molar-refractivity contribution >= 4 is 48.2 Å². The molecule has 228 valence electrons. The summed E-state index contributed by atoms with van der Waals surface area (Å²) in [6.45, 7) is 0. The van der Waals surface area contributed by atoms with E-state index in [0.717, 1.165) is 49.7 Å². The fourth-order valence-electron chi connectivity index (χ4n) is 6.37. The van der Waals surface area contributed by atoms with Gasteiger partial charge in [0.25, 0.3) is 0 Å². The van der Waals surface area contributed by atoms with Gasteiger partial charge in [0, 0.05) is 27.5 Å². The second-order valence-electron chi connectivity index (χ2n) is 11.6. The Morgan fingerprint density at radius 1 is 0.500 bits per heavy atom. The number of aromatic nitrogens is 4. The molecular weight excluding hydrogens is 611 g/mol. The predicted octanol–water partition coefficient (Wildman–Crippen LogP) is 9.97. The van der Waals surface area contributed by atoms with E-state index in [-0.39, 0.29) is 0 Å². The second kappa shape index (κ2) is 11.3. The van der Waals surface area contributed by atoms with Gasteiger partial charge in [-0.2, -0.15) is 14.3 Å². The average Bonchev–Trinajstić information content (AvgIpc) is 3.49. The number of rotatable bonds is 5. The summed E-state index contributed by atoms with van der Waals surface area (Å²) in [6, 6.07) is 51.9. The molecule has 1 aliphatic heterocycles. The van der Waals surface area contributed by atoms with Gasteiger partial charge in [-0.25, -0.2) is 9.19 Å². The topological polar surface area (TPSA) is 73.0 Å². The quantitative estimate of drug-likeness (QED) is 0.188. The lowest BCUT2D eigenvalue weighted by atomic mass is 10.1. The van der Waals surface area contributed by atoms with Crippen molar-refractivity contribution in [1.29, 1.82) is 0 Å². The van der Waals surface area contributed by atoms with Crippen molar-refractivity contribution in [2.45, 2.75) is 4.90 Å². The highest BCUT2D eigenvalue weighted by atomic mass is 32.2. The van der Waals surface area contributed by atoms with Gasteiger partial charge >= 0.3 is 0 Å². The van der Waals surface area contributed by atoms with E-state index in [1.54, 1.807) is 0 Å². The molecule has 0 amide bonds. The van der Waals surface area contributed by atoms with Crippen LogP contribution in [-0.4, -0.2) is 23.7 Å². The lowest BCUT2D eigenvalue weighted by molar-refractivity contribution is 0.683. The maximum Gasteiger partial charge on any atom is 0.238 e. The standard InChI is InChI=1S/C41H27N5OS/c47-48(32-19-8-3-9-20-32)38(27-30-18-10-12-22-35(30)45-48)31-24-25-37-34(26-31)33-21-11-13-23-36(33)46(37)41-43-39(28-14-4-1-5-15-28)42-40(44-41)29-16-6-2-7-17-29/h1-27H. The van der Waals surface area contributed by atoms with Gasteiger partial charge < -0.3 is 0 Å². The van der Waals surface area contributed by atoms with Crippen molar-refractivity contribution in [3.63, 3.8) is 0 Å².